The van der Waals surface area contributed by atoms with Crippen LogP contribution in [-0.2, 0) is 32.6 Å². The Hall–Kier alpha value is -4.67. The molecule has 11 nitrogen and oxygen atoms in total. The maximum atomic E-state index is 15.2. The van der Waals surface area contributed by atoms with Gasteiger partial charge in [-0.1, -0.05) is 49.4 Å². The third kappa shape index (κ3) is 9.60. The summed E-state index contributed by atoms with van der Waals surface area (Å²) in [4.78, 5) is 31.4. The molecule has 3 heterocycles. The summed E-state index contributed by atoms with van der Waals surface area (Å²) >= 11 is 0. The second kappa shape index (κ2) is 15.1. The van der Waals surface area contributed by atoms with Crippen LogP contribution < -0.4 is 9.64 Å². The zero-order valence-electron chi connectivity index (χ0n) is 29.6. The quantitative estimate of drug-likeness (QED) is 0.184. The van der Waals surface area contributed by atoms with E-state index in [1.807, 2.05) is 0 Å². The van der Waals surface area contributed by atoms with Crippen LogP contribution in [0.4, 0.5) is 41.6 Å². The number of ether oxygens (including phenoxy) is 4. The van der Waals surface area contributed by atoms with E-state index in [-0.39, 0.29) is 24.2 Å². The molecule has 4 bridgehead atoms. The Morgan fingerprint density at radius 1 is 0.923 bits per heavy atom. The summed E-state index contributed by atoms with van der Waals surface area (Å²) in [5, 5.41) is 7.39. The first-order valence-corrected chi connectivity index (χ1v) is 16.3. The van der Waals surface area contributed by atoms with Crippen molar-refractivity contribution in [3.05, 3.63) is 65.6 Å². The molecule has 0 aliphatic carbocycles. The van der Waals surface area contributed by atoms with E-state index in [1.165, 1.54) is 53.7 Å². The van der Waals surface area contributed by atoms with E-state index >= 15 is 13.2 Å². The van der Waals surface area contributed by atoms with Gasteiger partial charge in [0, 0.05) is 6.42 Å². The van der Waals surface area contributed by atoms with Gasteiger partial charge in [0.2, 0.25) is 11.5 Å². The Kier molecular flexibility index (Phi) is 11.7. The molecule has 2 atom stereocenters. The number of halogens is 6. The second-order valence-electron chi connectivity index (χ2n) is 13.9. The van der Waals surface area contributed by atoms with E-state index in [0.29, 0.717) is 11.6 Å². The molecule has 0 radical (unpaired) electrons. The van der Waals surface area contributed by atoms with Crippen LogP contribution in [-0.4, -0.2) is 50.9 Å². The molecule has 0 N–H and O–H groups in total. The van der Waals surface area contributed by atoms with Crippen molar-refractivity contribution in [1.29, 1.82) is 0 Å². The number of aromatic nitrogens is 3. The van der Waals surface area contributed by atoms with E-state index in [9.17, 15) is 22.8 Å². The van der Waals surface area contributed by atoms with Gasteiger partial charge < -0.3 is 23.4 Å². The molecule has 52 heavy (non-hydrogen) atoms. The number of hydrogen-bond donors (Lipinski definition) is 0. The number of anilines is 1. The summed E-state index contributed by atoms with van der Waals surface area (Å²) in [5.41, 5.74) is -8.69. The van der Waals surface area contributed by atoms with Crippen molar-refractivity contribution in [3.8, 4) is 17.5 Å². The van der Waals surface area contributed by atoms with Gasteiger partial charge in [-0.25, -0.2) is 14.6 Å². The maximum absolute atomic E-state index is 15.2. The third-order valence-electron chi connectivity index (χ3n) is 7.39. The minimum absolute atomic E-state index is 0.0906. The van der Waals surface area contributed by atoms with Crippen molar-refractivity contribution >= 4 is 17.9 Å². The fourth-order valence-corrected chi connectivity index (χ4v) is 4.94. The number of carbonyl (C=O) groups is 2. The summed E-state index contributed by atoms with van der Waals surface area (Å²) in [6.45, 7) is 9.74. The van der Waals surface area contributed by atoms with E-state index in [0.717, 1.165) is 0 Å². The normalized spacial score (nSPS) is 18.6. The first-order valence-electron chi connectivity index (χ1n) is 16.3. The Bertz CT molecular complexity index is 1720. The number of nitrogens with zero attached hydrogens (tertiary/aromatic N) is 4. The van der Waals surface area contributed by atoms with Crippen molar-refractivity contribution < 1.29 is 59.3 Å². The Morgan fingerprint density at radius 3 is 2.08 bits per heavy atom. The number of fused-ring (bicyclic) bond motifs is 5. The fourth-order valence-electron chi connectivity index (χ4n) is 4.94. The first-order chi connectivity index (χ1) is 24.0. The molecular formula is C35H40F6N4O7. The zero-order chi connectivity index (χ0) is 38.7. The average Bonchev–Trinajstić information content (AvgIpc) is 3.50. The lowest BCUT2D eigenvalue weighted by Crippen LogP contribution is -2.45. The average molecular weight is 743 g/mol. The van der Waals surface area contributed by atoms with Crippen LogP contribution in [0.1, 0.15) is 91.2 Å². The number of carbonyl (C=O) groups excluding carboxylic acids is 2. The van der Waals surface area contributed by atoms with E-state index < -0.39 is 95.1 Å². The van der Waals surface area contributed by atoms with Gasteiger partial charge in [-0.15, -0.1) is 10.2 Å². The Labute approximate surface area is 296 Å². The van der Waals surface area contributed by atoms with Crippen LogP contribution in [0.25, 0.3) is 11.6 Å². The summed E-state index contributed by atoms with van der Waals surface area (Å²) in [6.07, 6.45) is -12.1. The standard InChI is InChI=1S/C35H40F6N4O7/c1-8-22-17-13-10-14-18-33(35(39,40)41,48-20-21-15-11-9-12-16-21)28-44-43-27(50-28)25-24(19-23(34(36,37)38)26(42-25)49-22)45(29(46)51-31(2,3)4)30(47)52-32(5,6)7/h9-12,14-16,19,22H,8,13,17-18,20H2,1-7H3/t22?,33-/m1/s1. The lowest BCUT2D eigenvalue weighted by atomic mass is 9.97. The number of amides is 2. The topological polar surface area (TPSA) is 126 Å². The number of rotatable bonds is 5. The van der Waals surface area contributed by atoms with Gasteiger partial charge in [0.1, 0.15) is 22.9 Å². The molecule has 1 aromatic carbocycles. The van der Waals surface area contributed by atoms with Gasteiger partial charge in [-0.05, 0) is 72.4 Å². The monoisotopic (exact) mass is 742 g/mol. The molecule has 2 aromatic heterocycles. The number of allylic oxidation sites excluding steroid dienone is 1. The molecule has 3 aromatic rings. The molecule has 0 spiro atoms. The van der Waals surface area contributed by atoms with Gasteiger partial charge in [0.25, 0.3) is 11.8 Å². The van der Waals surface area contributed by atoms with Crippen LogP contribution in [0, 0.1) is 0 Å². The summed E-state index contributed by atoms with van der Waals surface area (Å²) in [5.74, 6) is -3.02. The van der Waals surface area contributed by atoms with Gasteiger partial charge in [0.15, 0.2) is 5.69 Å². The summed E-state index contributed by atoms with van der Waals surface area (Å²) in [7, 11) is 0. The highest BCUT2D eigenvalue weighted by Gasteiger charge is 2.61. The molecule has 4 rings (SSSR count). The van der Waals surface area contributed by atoms with Crippen LogP contribution in [0.2, 0.25) is 0 Å². The number of alkyl halides is 6. The summed E-state index contributed by atoms with van der Waals surface area (Å²) < 4.78 is 117. The van der Waals surface area contributed by atoms with E-state index in [1.54, 1.807) is 37.3 Å². The van der Waals surface area contributed by atoms with Crippen LogP contribution in [0.3, 0.4) is 0 Å². The van der Waals surface area contributed by atoms with E-state index in [2.05, 4.69) is 15.2 Å². The fraction of sp³-hybridized carbons (Fsp3) is 0.514. The number of benzene rings is 1. The molecule has 1 aliphatic rings. The molecule has 0 fully saturated rings. The molecule has 284 valence electrons. The molecular weight excluding hydrogens is 702 g/mol. The van der Waals surface area contributed by atoms with Crippen LogP contribution in [0.15, 0.2) is 53.0 Å². The molecule has 0 saturated carbocycles. The highest BCUT2D eigenvalue weighted by atomic mass is 19.4. The van der Waals surface area contributed by atoms with Crippen LogP contribution in [0.5, 0.6) is 5.88 Å². The lowest BCUT2D eigenvalue weighted by molar-refractivity contribution is -0.295. The molecule has 1 aliphatic heterocycles. The van der Waals surface area contributed by atoms with Crippen molar-refractivity contribution in [2.45, 2.75) is 116 Å². The van der Waals surface area contributed by atoms with Gasteiger partial charge in [-0.2, -0.15) is 31.2 Å². The zero-order valence-corrected chi connectivity index (χ0v) is 29.6. The van der Waals surface area contributed by atoms with Gasteiger partial charge in [-0.3, -0.25) is 0 Å². The molecule has 2 amide bonds. The minimum Gasteiger partial charge on any atom is -0.474 e. The number of imide groups is 1. The smallest absolute Gasteiger partial charge is 0.426 e. The number of hydrogen-bond acceptors (Lipinski definition) is 10. The van der Waals surface area contributed by atoms with Crippen LogP contribution >= 0.6 is 0 Å². The van der Waals surface area contributed by atoms with E-state index in [4.69, 9.17) is 23.4 Å². The van der Waals surface area contributed by atoms with Crippen molar-refractivity contribution in [2.75, 3.05) is 4.90 Å². The lowest BCUT2D eigenvalue weighted by Gasteiger charge is -2.32. The predicted octanol–water partition coefficient (Wildman–Crippen LogP) is 9.70. The highest BCUT2D eigenvalue weighted by Crippen LogP contribution is 2.48. The first kappa shape index (κ1) is 40.1. The largest absolute Gasteiger partial charge is 0.474 e. The van der Waals surface area contributed by atoms with Crippen molar-refractivity contribution in [1.82, 2.24) is 15.2 Å². The third-order valence-corrected chi connectivity index (χ3v) is 7.39. The number of pyridine rings is 1. The Balaban J connectivity index is 2.06. The SMILES string of the molecule is CCC1CCC=CC[C@](OCc2ccccc2)(C(F)(F)F)c2nnc(o2)-c2nc(c(C(F)(F)F)cc2N(C(=O)OC(C)(C)C)C(=O)OC(C)(C)C)O1. The highest BCUT2D eigenvalue weighted by molar-refractivity contribution is 6.11. The Morgan fingerprint density at radius 2 is 1.54 bits per heavy atom. The molecule has 0 saturated heterocycles. The van der Waals surface area contributed by atoms with Crippen molar-refractivity contribution in [2.24, 2.45) is 0 Å². The molecule has 1 unspecified atom stereocenters. The van der Waals surface area contributed by atoms with Gasteiger partial charge in [0.05, 0.1) is 12.3 Å². The minimum atomic E-state index is -5.18. The predicted molar refractivity (Wildman–Crippen MR) is 174 cm³/mol. The van der Waals surface area contributed by atoms with Gasteiger partial charge >= 0.3 is 24.5 Å². The molecule has 17 heteroatoms. The summed E-state index contributed by atoms with van der Waals surface area (Å²) in [6, 6.07) is 8.37. The second-order valence-corrected chi connectivity index (χ2v) is 13.9. The maximum Gasteiger partial charge on any atom is 0.426 e. The van der Waals surface area contributed by atoms with Crippen molar-refractivity contribution in [3.63, 3.8) is 0 Å².